The zero-order valence-corrected chi connectivity index (χ0v) is 20.3. The molecule has 3 aromatic rings. The molecule has 1 amide bonds. The van der Waals surface area contributed by atoms with Gasteiger partial charge in [0.05, 0.1) is 28.6 Å². The van der Waals surface area contributed by atoms with Gasteiger partial charge in [0.1, 0.15) is 11.6 Å². The van der Waals surface area contributed by atoms with Gasteiger partial charge in [-0.05, 0) is 49.2 Å². The van der Waals surface area contributed by atoms with Gasteiger partial charge < -0.3 is 10.1 Å². The second-order valence-electron chi connectivity index (χ2n) is 8.48. The maximum Gasteiger partial charge on any atom is 0.261 e. The van der Waals surface area contributed by atoms with E-state index in [1.165, 1.54) is 39.4 Å². The SMILES string of the molecule is COc1ccc(S(=O)(=O)N(C)C)cc1NC(=O)c1ccc2c(=O)n3c(nc2c1)CCCCCC3. The van der Waals surface area contributed by atoms with Gasteiger partial charge in [0.15, 0.2) is 0 Å². The Morgan fingerprint density at radius 3 is 2.59 bits per heavy atom. The third-order valence-electron chi connectivity index (χ3n) is 6.03. The number of amides is 1. The van der Waals surface area contributed by atoms with Crippen molar-refractivity contribution >= 4 is 32.5 Å². The molecule has 0 spiro atoms. The number of benzene rings is 2. The Balaban J connectivity index is 1.70. The fourth-order valence-electron chi connectivity index (χ4n) is 4.09. The normalized spacial score (nSPS) is 14.4. The lowest BCUT2D eigenvalue weighted by molar-refractivity contribution is 0.102. The Labute approximate surface area is 198 Å². The van der Waals surface area contributed by atoms with E-state index in [1.54, 1.807) is 22.8 Å². The lowest BCUT2D eigenvalue weighted by Crippen LogP contribution is -2.26. The molecule has 0 fully saturated rings. The molecular formula is C24H28N4O5S. The number of hydrogen-bond acceptors (Lipinski definition) is 6. The fourth-order valence-corrected chi connectivity index (χ4v) is 5.02. The van der Waals surface area contributed by atoms with E-state index in [0.717, 1.165) is 42.2 Å². The van der Waals surface area contributed by atoms with E-state index in [9.17, 15) is 18.0 Å². The van der Waals surface area contributed by atoms with E-state index in [1.807, 2.05) is 0 Å². The van der Waals surface area contributed by atoms with Gasteiger partial charge in [-0.1, -0.05) is 12.8 Å². The molecule has 2 aromatic carbocycles. The molecule has 1 N–H and O–H groups in total. The molecule has 2 heterocycles. The highest BCUT2D eigenvalue weighted by Crippen LogP contribution is 2.29. The van der Waals surface area contributed by atoms with Crippen molar-refractivity contribution in [3.05, 3.63) is 58.1 Å². The van der Waals surface area contributed by atoms with Crippen LogP contribution in [0.25, 0.3) is 10.9 Å². The molecule has 0 aliphatic carbocycles. The van der Waals surface area contributed by atoms with Crippen LogP contribution in [0.4, 0.5) is 5.69 Å². The molecule has 0 radical (unpaired) electrons. The monoisotopic (exact) mass is 484 g/mol. The maximum atomic E-state index is 13.1. The summed E-state index contributed by atoms with van der Waals surface area (Å²) in [5.74, 6) is 0.607. The van der Waals surface area contributed by atoms with E-state index in [2.05, 4.69) is 5.32 Å². The van der Waals surface area contributed by atoms with Crippen molar-refractivity contribution in [1.82, 2.24) is 13.9 Å². The van der Waals surface area contributed by atoms with Crippen molar-refractivity contribution in [2.24, 2.45) is 0 Å². The first-order chi connectivity index (χ1) is 16.2. The van der Waals surface area contributed by atoms with E-state index < -0.39 is 15.9 Å². The number of carbonyl (C=O) groups excluding carboxylic acids is 1. The Bertz CT molecular complexity index is 1410. The van der Waals surface area contributed by atoms with Crippen LogP contribution >= 0.6 is 0 Å². The first-order valence-electron chi connectivity index (χ1n) is 11.2. The Morgan fingerprint density at radius 2 is 1.85 bits per heavy atom. The van der Waals surface area contributed by atoms with Gasteiger partial charge in [0, 0.05) is 32.6 Å². The first-order valence-corrected chi connectivity index (χ1v) is 12.6. The second kappa shape index (κ2) is 9.55. The second-order valence-corrected chi connectivity index (χ2v) is 10.6. The quantitative estimate of drug-likeness (QED) is 0.596. The number of ether oxygens (including phenoxy) is 1. The van der Waals surface area contributed by atoms with Crippen molar-refractivity contribution in [3.63, 3.8) is 0 Å². The molecule has 0 atom stereocenters. The third-order valence-corrected chi connectivity index (χ3v) is 7.84. The number of fused-ring (bicyclic) bond motifs is 2. The molecule has 0 saturated heterocycles. The highest BCUT2D eigenvalue weighted by molar-refractivity contribution is 7.89. The van der Waals surface area contributed by atoms with Crippen molar-refractivity contribution in [1.29, 1.82) is 0 Å². The van der Waals surface area contributed by atoms with Crippen molar-refractivity contribution in [2.45, 2.75) is 43.5 Å². The molecule has 9 nitrogen and oxygen atoms in total. The minimum Gasteiger partial charge on any atom is -0.495 e. The summed E-state index contributed by atoms with van der Waals surface area (Å²) in [5, 5.41) is 3.20. The van der Waals surface area contributed by atoms with Crippen molar-refractivity contribution in [2.75, 3.05) is 26.5 Å². The minimum absolute atomic E-state index is 0.0282. The zero-order chi connectivity index (χ0) is 24.5. The largest absolute Gasteiger partial charge is 0.495 e. The minimum atomic E-state index is -3.69. The lowest BCUT2D eigenvalue weighted by atomic mass is 10.1. The fraction of sp³-hybridized carbons (Fsp3) is 0.375. The van der Waals surface area contributed by atoms with Gasteiger partial charge in [0.25, 0.3) is 11.5 Å². The van der Waals surface area contributed by atoms with Crippen LogP contribution in [0.15, 0.2) is 46.1 Å². The average molecular weight is 485 g/mol. The van der Waals surface area contributed by atoms with Gasteiger partial charge in [-0.3, -0.25) is 14.2 Å². The first kappa shape index (κ1) is 23.9. The van der Waals surface area contributed by atoms with E-state index in [0.29, 0.717) is 28.8 Å². The summed E-state index contributed by atoms with van der Waals surface area (Å²) >= 11 is 0. The summed E-state index contributed by atoms with van der Waals surface area (Å²) in [6, 6.07) is 9.07. The van der Waals surface area contributed by atoms with Crippen LogP contribution in [-0.2, 0) is 23.0 Å². The van der Waals surface area contributed by atoms with Gasteiger partial charge in [-0.25, -0.2) is 17.7 Å². The molecule has 0 unspecified atom stereocenters. The van der Waals surface area contributed by atoms with Crippen LogP contribution < -0.4 is 15.6 Å². The van der Waals surface area contributed by atoms with E-state index >= 15 is 0 Å². The predicted octanol–water partition coefficient (Wildman–Crippen LogP) is 3.02. The number of methoxy groups -OCH3 is 1. The Morgan fingerprint density at radius 1 is 1.09 bits per heavy atom. The number of hydrogen-bond donors (Lipinski definition) is 1. The van der Waals surface area contributed by atoms with Crippen molar-refractivity contribution < 1.29 is 17.9 Å². The molecule has 180 valence electrons. The van der Waals surface area contributed by atoms with E-state index in [-0.39, 0.29) is 16.1 Å². The summed E-state index contributed by atoms with van der Waals surface area (Å²) < 4.78 is 33.2. The lowest BCUT2D eigenvalue weighted by Gasteiger charge is -2.17. The summed E-state index contributed by atoms with van der Waals surface area (Å²) in [6.07, 6.45) is 4.87. The van der Waals surface area contributed by atoms with Crippen LogP contribution in [0.1, 0.15) is 41.9 Å². The van der Waals surface area contributed by atoms with Crippen LogP contribution in [0, 0.1) is 0 Å². The zero-order valence-electron chi connectivity index (χ0n) is 19.5. The summed E-state index contributed by atoms with van der Waals surface area (Å²) in [5.41, 5.74) is 0.914. The van der Waals surface area contributed by atoms with Crippen LogP contribution in [0.5, 0.6) is 5.75 Å². The van der Waals surface area contributed by atoms with Gasteiger partial charge in [-0.2, -0.15) is 0 Å². The smallest absolute Gasteiger partial charge is 0.261 e. The molecule has 1 aromatic heterocycles. The number of nitrogens with one attached hydrogen (secondary N) is 1. The summed E-state index contributed by atoms with van der Waals surface area (Å²) in [4.78, 5) is 30.8. The van der Waals surface area contributed by atoms with Crippen LogP contribution in [0.3, 0.4) is 0 Å². The third kappa shape index (κ3) is 4.55. The number of anilines is 1. The molecular weight excluding hydrogens is 456 g/mol. The number of aromatic nitrogens is 2. The molecule has 34 heavy (non-hydrogen) atoms. The number of aryl methyl sites for hydroxylation is 1. The average Bonchev–Trinajstić information content (AvgIpc) is 2.79. The molecule has 10 heteroatoms. The van der Waals surface area contributed by atoms with Gasteiger partial charge in [-0.15, -0.1) is 0 Å². The number of sulfonamides is 1. The maximum absolute atomic E-state index is 13.1. The highest BCUT2D eigenvalue weighted by Gasteiger charge is 2.21. The van der Waals surface area contributed by atoms with Crippen LogP contribution in [0.2, 0.25) is 0 Å². The molecule has 1 aliphatic rings. The standard InChI is InChI=1S/C24H28N4O5S/c1-27(2)34(31,32)17-10-12-21(33-3)20(15-17)26-23(29)16-9-11-18-19(14-16)25-22-8-6-4-5-7-13-28(22)24(18)30/h9-12,14-15H,4-8,13H2,1-3H3,(H,26,29). The highest BCUT2D eigenvalue weighted by atomic mass is 32.2. The van der Waals surface area contributed by atoms with Crippen molar-refractivity contribution in [3.8, 4) is 5.75 Å². The topological polar surface area (TPSA) is 111 Å². The number of rotatable bonds is 5. The van der Waals surface area contributed by atoms with Gasteiger partial charge in [0.2, 0.25) is 10.0 Å². The number of carbonyl (C=O) groups is 1. The molecule has 1 aliphatic heterocycles. The molecule has 0 bridgehead atoms. The molecule has 0 saturated carbocycles. The summed E-state index contributed by atoms with van der Waals surface area (Å²) in [6.45, 7) is 0.658. The Kier molecular flexibility index (Phi) is 6.72. The predicted molar refractivity (Wildman–Crippen MR) is 130 cm³/mol. The summed E-state index contributed by atoms with van der Waals surface area (Å²) in [7, 11) is 0.614. The number of nitrogens with zero attached hydrogens (tertiary/aromatic N) is 3. The van der Waals surface area contributed by atoms with Crippen LogP contribution in [-0.4, -0.2) is 49.4 Å². The van der Waals surface area contributed by atoms with Gasteiger partial charge >= 0.3 is 0 Å². The van der Waals surface area contributed by atoms with E-state index in [4.69, 9.17) is 9.72 Å². The molecule has 4 rings (SSSR count). The Hall–Kier alpha value is -3.24.